The summed E-state index contributed by atoms with van der Waals surface area (Å²) in [5.41, 5.74) is 3.60. The van der Waals surface area contributed by atoms with Gasteiger partial charge in [0.15, 0.2) is 0 Å². The molecule has 104 valence electrons. The van der Waals surface area contributed by atoms with Gasteiger partial charge in [0.1, 0.15) is 5.78 Å². The predicted octanol–water partition coefficient (Wildman–Crippen LogP) is 4.00. The Balaban J connectivity index is 2.84. The SMILES string of the molecule is CC(C)=NC(CC(=O)C(C)C)Cc1ccccc1C. The molecule has 19 heavy (non-hydrogen) atoms. The summed E-state index contributed by atoms with van der Waals surface area (Å²) in [6.07, 6.45) is 1.38. The van der Waals surface area contributed by atoms with Crippen LogP contribution in [-0.4, -0.2) is 17.5 Å². The van der Waals surface area contributed by atoms with Gasteiger partial charge in [-0.2, -0.15) is 0 Å². The predicted molar refractivity (Wildman–Crippen MR) is 81.9 cm³/mol. The molecule has 1 rings (SSSR count). The minimum absolute atomic E-state index is 0.0704. The van der Waals surface area contributed by atoms with Gasteiger partial charge < -0.3 is 0 Å². The van der Waals surface area contributed by atoms with E-state index in [4.69, 9.17) is 0 Å². The van der Waals surface area contributed by atoms with Crippen LogP contribution in [0.2, 0.25) is 0 Å². The zero-order chi connectivity index (χ0) is 14.4. The van der Waals surface area contributed by atoms with Crippen LogP contribution in [0.15, 0.2) is 29.3 Å². The first kappa shape index (κ1) is 15.6. The molecule has 1 aromatic rings. The lowest BCUT2D eigenvalue weighted by Gasteiger charge is -2.15. The van der Waals surface area contributed by atoms with Crippen molar-refractivity contribution in [3.8, 4) is 0 Å². The molecule has 0 radical (unpaired) electrons. The molecule has 1 unspecified atom stereocenters. The van der Waals surface area contributed by atoms with Gasteiger partial charge in [0, 0.05) is 18.1 Å². The van der Waals surface area contributed by atoms with Crippen molar-refractivity contribution in [1.82, 2.24) is 0 Å². The van der Waals surface area contributed by atoms with Crippen LogP contribution in [0.4, 0.5) is 0 Å². The molecule has 2 heteroatoms. The van der Waals surface area contributed by atoms with Gasteiger partial charge in [-0.3, -0.25) is 9.79 Å². The average molecular weight is 259 g/mol. The zero-order valence-electron chi connectivity index (χ0n) is 12.7. The van der Waals surface area contributed by atoms with Crippen LogP contribution in [0.25, 0.3) is 0 Å². The van der Waals surface area contributed by atoms with Crippen LogP contribution in [0.5, 0.6) is 0 Å². The first-order valence-corrected chi connectivity index (χ1v) is 6.98. The van der Waals surface area contributed by atoms with E-state index in [-0.39, 0.29) is 12.0 Å². The van der Waals surface area contributed by atoms with Crippen molar-refractivity contribution in [3.05, 3.63) is 35.4 Å². The summed E-state index contributed by atoms with van der Waals surface area (Å²) >= 11 is 0. The lowest BCUT2D eigenvalue weighted by molar-refractivity contribution is -0.122. The fourth-order valence-electron chi connectivity index (χ4n) is 2.09. The molecule has 0 N–H and O–H groups in total. The summed E-state index contributed by atoms with van der Waals surface area (Å²) in [5, 5.41) is 0. The fraction of sp³-hybridized carbons (Fsp3) is 0.529. The van der Waals surface area contributed by atoms with Gasteiger partial charge in [0.05, 0.1) is 6.04 Å². The normalized spacial score (nSPS) is 12.3. The maximum absolute atomic E-state index is 11.9. The molecule has 1 aromatic carbocycles. The molecule has 0 aromatic heterocycles. The highest BCUT2D eigenvalue weighted by Crippen LogP contribution is 2.15. The Kier molecular flexibility index (Phi) is 5.94. The average Bonchev–Trinajstić information content (AvgIpc) is 2.31. The van der Waals surface area contributed by atoms with Crippen LogP contribution in [0, 0.1) is 12.8 Å². The van der Waals surface area contributed by atoms with Gasteiger partial charge in [-0.15, -0.1) is 0 Å². The summed E-state index contributed by atoms with van der Waals surface area (Å²) in [5.74, 6) is 0.385. The second-order valence-electron chi connectivity index (χ2n) is 5.69. The molecule has 0 heterocycles. The number of rotatable bonds is 6. The van der Waals surface area contributed by atoms with Crippen LogP contribution in [-0.2, 0) is 11.2 Å². The summed E-state index contributed by atoms with van der Waals surface area (Å²) in [4.78, 5) is 16.6. The Morgan fingerprint density at radius 1 is 1.21 bits per heavy atom. The number of ketones is 1. The second kappa shape index (κ2) is 7.22. The Labute approximate surface area is 117 Å². The van der Waals surface area contributed by atoms with Crippen molar-refractivity contribution in [2.75, 3.05) is 0 Å². The number of hydrogen-bond acceptors (Lipinski definition) is 2. The van der Waals surface area contributed by atoms with Crippen molar-refractivity contribution in [3.63, 3.8) is 0 Å². The quantitative estimate of drug-likeness (QED) is 0.710. The number of benzene rings is 1. The maximum atomic E-state index is 11.9. The number of Topliss-reactive ketones (excluding diaryl/α,β-unsaturated/α-hetero) is 1. The van der Waals surface area contributed by atoms with Gasteiger partial charge in [-0.05, 0) is 38.3 Å². The van der Waals surface area contributed by atoms with Gasteiger partial charge >= 0.3 is 0 Å². The third-order valence-electron chi connectivity index (χ3n) is 3.24. The maximum Gasteiger partial charge on any atom is 0.137 e. The number of nitrogens with zero attached hydrogens (tertiary/aromatic N) is 1. The minimum atomic E-state index is 0.0704. The van der Waals surface area contributed by atoms with E-state index in [2.05, 4.69) is 24.0 Å². The monoisotopic (exact) mass is 259 g/mol. The Hall–Kier alpha value is -1.44. The Bertz CT molecular complexity index is 456. The highest BCUT2D eigenvalue weighted by molar-refractivity contribution is 5.82. The summed E-state index contributed by atoms with van der Waals surface area (Å²) in [6.45, 7) is 10.00. The van der Waals surface area contributed by atoms with Crippen LogP contribution >= 0.6 is 0 Å². The van der Waals surface area contributed by atoms with Crippen molar-refractivity contribution < 1.29 is 4.79 Å². The molecule has 1 atom stereocenters. The van der Waals surface area contributed by atoms with E-state index in [0.29, 0.717) is 12.2 Å². The molecule has 0 amide bonds. The fourth-order valence-corrected chi connectivity index (χ4v) is 2.09. The first-order chi connectivity index (χ1) is 8.90. The van der Waals surface area contributed by atoms with E-state index in [1.165, 1.54) is 11.1 Å². The first-order valence-electron chi connectivity index (χ1n) is 6.98. The molecule has 0 fully saturated rings. The minimum Gasteiger partial charge on any atom is -0.299 e. The topological polar surface area (TPSA) is 29.4 Å². The van der Waals surface area contributed by atoms with E-state index in [1.807, 2.05) is 39.8 Å². The highest BCUT2D eigenvalue weighted by atomic mass is 16.1. The molecule has 0 bridgehead atoms. The van der Waals surface area contributed by atoms with Crippen molar-refractivity contribution in [2.45, 2.75) is 53.5 Å². The van der Waals surface area contributed by atoms with Crippen molar-refractivity contribution in [2.24, 2.45) is 10.9 Å². The van der Waals surface area contributed by atoms with Gasteiger partial charge in [0.2, 0.25) is 0 Å². The molecule has 0 saturated heterocycles. The van der Waals surface area contributed by atoms with E-state index in [0.717, 1.165) is 12.1 Å². The molecule has 0 spiro atoms. The second-order valence-corrected chi connectivity index (χ2v) is 5.69. The third-order valence-corrected chi connectivity index (χ3v) is 3.24. The van der Waals surface area contributed by atoms with Crippen LogP contribution in [0.3, 0.4) is 0 Å². The molecule has 0 aliphatic heterocycles. The third kappa shape index (κ3) is 5.37. The molecule has 0 aliphatic carbocycles. The van der Waals surface area contributed by atoms with E-state index < -0.39 is 0 Å². The van der Waals surface area contributed by atoms with Crippen molar-refractivity contribution >= 4 is 11.5 Å². The molecule has 2 nitrogen and oxygen atoms in total. The Morgan fingerprint density at radius 2 is 1.84 bits per heavy atom. The number of aliphatic imine (C=N–C) groups is 1. The summed E-state index contributed by atoms with van der Waals surface area (Å²) in [6, 6.07) is 8.40. The smallest absolute Gasteiger partial charge is 0.137 e. The summed E-state index contributed by atoms with van der Waals surface area (Å²) < 4.78 is 0. The number of carbonyl (C=O) groups is 1. The van der Waals surface area contributed by atoms with Crippen molar-refractivity contribution in [1.29, 1.82) is 0 Å². The summed E-state index contributed by atoms with van der Waals surface area (Å²) in [7, 11) is 0. The van der Waals surface area contributed by atoms with Gasteiger partial charge in [-0.1, -0.05) is 38.1 Å². The largest absolute Gasteiger partial charge is 0.299 e. The Morgan fingerprint density at radius 3 is 2.37 bits per heavy atom. The highest BCUT2D eigenvalue weighted by Gasteiger charge is 2.16. The number of aryl methyl sites for hydroxylation is 1. The van der Waals surface area contributed by atoms with E-state index >= 15 is 0 Å². The van der Waals surface area contributed by atoms with Gasteiger partial charge in [0.25, 0.3) is 0 Å². The molecular formula is C17H25NO. The van der Waals surface area contributed by atoms with E-state index in [9.17, 15) is 4.79 Å². The lowest BCUT2D eigenvalue weighted by Crippen LogP contribution is -2.19. The number of carbonyl (C=O) groups excluding carboxylic acids is 1. The molecule has 0 aliphatic rings. The zero-order valence-corrected chi connectivity index (χ0v) is 12.7. The van der Waals surface area contributed by atoms with Gasteiger partial charge in [-0.25, -0.2) is 0 Å². The standard InChI is InChI=1S/C17H25NO/c1-12(2)17(19)11-16(18-13(3)4)10-15-9-7-6-8-14(15)5/h6-9,12,16H,10-11H2,1-5H3. The molecular weight excluding hydrogens is 234 g/mol. The van der Waals surface area contributed by atoms with E-state index in [1.54, 1.807) is 0 Å². The number of hydrogen-bond donors (Lipinski definition) is 0. The lowest BCUT2D eigenvalue weighted by atomic mass is 9.95. The van der Waals surface area contributed by atoms with Crippen LogP contribution in [0.1, 0.15) is 45.2 Å². The molecule has 0 saturated carbocycles. The van der Waals surface area contributed by atoms with Crippen LogP contribution < -0.4 is 0 Å².